The van der Waals surface area contributed by atoms with Crippen LogP contribution in [0.4, 0.5) is 5.69 Å². The van der Waals surface area contributed by atoms with E-state index in [4.69, 9.17) is 0 Å². The number of hydrogen-bond acceptors (Lipinski definition) is 3. The third-order valence-corrected chi connectivity index (χ3v) is 5.39. The summed E-state index contributed by atoms with van der Waals surface area (Å²) < 4.78 is 27.5. The lowest BCUT2D eigenvalue weighted by molar-refractivity contribution is 0.586. The Morgan fingerprint density at radius 1 is 0.923 bits per heavy atom. The van der Waals surface area contributed by atoms with Crippen molar-refractivity contribution < 1.29 is 8.42 Å². The lowest BCUT2D eigenvalue weighted by Gasteiger charge is -2.13. The molecule has 26 heavy (non-hydrogen) atoms. The van der Waals surface area contributed by atoms with Crippen LogP contribution >= 0.6 is 0 Å². The number of fused-ring (bicyclic) bond motifs is 1. The fourth-order valence-corrected chi connectivity index (χ4v) is 3.62. The zero-order valence-electron chi connectivity index (χ0n) is 14.7. The summed E-state index contributed by atoms with van der Waals surface area (Å²) in [5, 5.41) is 1.90. The van der Waals surface area contributed by atoms with Crippen molar-refractivity contribution in [2.75, 3.05) is 25.5 Å². The molecule has 3 aromatic rings. The standard InChI is InChI=1S/C21H20N2O2S/c1-23(2)21-12-6-5-9-18(21)11-7-15-22-26(24,25)20-14-13-17-8-3-4-10-19(17)16-20/h3-6,8-10,12-14,16,22H,15H2,1-2H3. The number of rotatable bonds is 4. The highest BCUT2D eigenvalue weighted by atomic mass is 32.2. The van der Waals surface area contributed by atoms with Crippen LogP contribution in [0.5, 0.6) is 0 Å². The molecule has 0 aliphatic heterocycles. The van der Waals surface area contributed by atoms with Crippen molar-refractivity contribution in [2.45, 2.75) is 4.90 Å². The fourth-order valence-electron chi connectivity index (χ4n) is 2.66. The predicted molar refractivity (Wildman–Crippen MR) is 107 cm³/mol. The molecule has 0 radical (unpaired) electrons. The molecule has 132 valence electrons. The lowest BCUT2D eigenvalue weighted by Crippen LogP contribution is -2.24. The maximum atomic E-state index is 12.5. The molecule has 0 fully saturated rings. The van der Waals surface area contributed by atoms with Gasteiger partial charge in [-0.3, -0.25) is 0 Å². The molecule has 0 amide bonds. The van der Waals surface area contributed by atoms with Gasteiger partial charge in [0.2, 0.25) is 10.0 Å². The van der Waals surface area contributed by atoms with Gasteiger partial charge in [0.05, 0.1) is 17.1 Å². The van der Waals surface area contributed by atoms with Crippen molar-refractivity contribution in [2.24, 2.45) is 0 Å². The summed E-state index contributed by atoms with van der Waals surface area (Å²) in [4.78, 5) is 2.22. The Hall–Kier alpha value is -2.81. The van der Waals surface area contributed by atoms with E-state index in [1.807, 2.05) is 73.6 Å². The highest BCUT2D eigenvalue weighted by Gasteiger charge is 2.13. The first-order valence-corrected chi connectivity index (χ1v) is 9.69. The highest BCUT2D eigenvalue weighted by molar-refractivity contribution is 7.89. The maximum absolute atomic E-state index is 12.5. The van der Waals surface area contributed by atoms with Gasteiger partial charge in [0.1, 0.15) is 0 Å². The molecule has 0 heterocycles. The van der Waals surface area contributed by atoms with Crippen molar-refractivity contribution in [1.82, 2.24) is 4.72 Å². The Balaban J connectivity index is 1.75. The molecular formula is C21H20N2O2S. The zero-order chi connectivity index (χ0) is 18.6. The van der Waals surface area contributed by atoms with Gasteiger partial charge in [0.15, 0.2) is 0 Å². The third kappa shape index (κ3) is 4.05. The molecule has 0 bridgehead atoms. The van der Waals surface area contributed by atoms with Crippen LogP contribution in [0.2, 0.25) is 0 Å². The fraction of sp³-hybridized carbons (Fsp3) is 0.143. The van der Waals surface area contributed by atoms with Crippen LogP contribution in [-0.2, 0) is 10.0 Å². The number of hydrogen-bond donors (Lipinski definition) is 1. The van der Waals surface area contributed by atoms with Gasteiger partial charge in [-0.15, -0.1) is 0 Å². The number of nitrogens with zero attached hydrogens (tertiary/aromatic N) is 1. The first kappa shape index (κ1) is 18.0. The molecule has 0 aromatic heterocycles. The van der Waals surface area contributed by atoms with Crippen molar-refractivity contribution in [3.63, 3.8) is 0 Å². The van der Waals surface area contributed by atoms with Gasteiger partial charge >= 0.3 is 0 Å². The maximum Gasteiger partial charge on any atom is 0.241 e. The Morgan fingerprint density at radius 2 is 1.62 bits per heavy atom. The summed E-state index contributed by atoms with van der Waals surface area (Å²) in [5.41, 5.74) is 1.86. The molecule has 0 aliphatic rings. The highest BCUT2D eigenvalue weighted by Crippen LogP contribution is 2.19. The second-order valence-electron chi connectivity index (χ2n) is 6.05. The summed E-state index contributed by atoms with van der Waals surface area (Å²) in [6.07, 6.45) is 0. The summed E-state index contributed by atoms with van der Waals surface area (Å²) >= 11 is 0. The summed E-state index contributed by atoms with van der Waals surface area (Å²) in [5.74, 6) is 5.92. The van der Waals surface area contributed by atoms with E-state index in [1.54, 1.807) is 12.1 Å². The quantitative estimate of drug-likeness (QED) is 0.723. The molecule has 1 N–H and O–H groups in total. The molecule has 3 aromatic carbocycles. The van der Waals surface area contributed by atoms with Crippen LogP contribution in [0, 0.1) is 11.8 Å². The smallest absolute Gasteiger partial charge is 0.241 e. The summed E-state index contributed by atoms with van der Waals surface area (Å²) in [6, 6.07) is 20.5. The van der Waals surface area contributed by atoms with Crippen LogP contribution in [0.15, 0.2) is 71.6 Å². The van der Waals surface area contributed by atoms with Crippen LogP contribution < -0.4 is 9.62 Å². The van der Waals surface area contributed by atoms with Gasteiger partial charge in [-0.2, -0.15) is 4.72 Å². The predicted octanol–water partition coefficient (Wildman–Crippen LogP) is 3.24. The number of nitrogens with one attached hydrogen (secondary N) is 1. The van der Waals surface area contributed by atoms with Crippen molar-refractivity contribution >= 4 is 26.5 Å². The second kappa shape index (κ2) is 7.61. The van der Waals surface area contributed by atoms with Gasteiger partial charge < -0.3 is 4.90 Å². The van der Waals surface area contributed by atoms with E-state index in [0.717, 1.165) is 22.0 Å². The van der Waals surface area contributed by atoms with E-state index in [9.17, 15) is 8.42 Å². The average molecular weight is 364 g/mol. The van der Waals surface area contributed by atoms with Crippen LogP contribution in [0.3, 0.4) is 0 Å². The normalized spacial score (nSPS) is 11.0. The molecule has 0 aliphatic carbocycles. The molecule has 5 heteroatoms. The molecule has 3 rings (SSSR count). The average Bonchev–Trinajstić information content (AvgIpc) is 2.65. The first-order chi connectivity index (χ1) is 12.5. The van der Waals surface area contributed by atoms with Gasteiger partial charge in [-0.25, -0.2) is 8.42 Å². The van der Waals surface area contributed by atoms with Crippen LogP contribution in [0.25, 0.3) is 10.8 Å². The minimum Gasteiger partial charge on any atom is -0.377 e. The first-order valence-electron chi connectivity index (χ1n) is 8.21. The Bertz CT molecular complexity index is 1090. The molecule has 0 saturated heterocycles. The van der Waals surface area contributed by atoms with Crippen molar-refractivity contribution in [1.29, 1.82) is 0 Å². The van der Waals surface area contributed by atoms with Gasteiger partial charge in [-0.1, -0.05) is 54.3 Å². The molecule has 4 nitrogen and oxygen atoms in total. The minimum atomic E-state index is -3.60. The SMILES string of the molecule is CN(C)c1ccccc1C#CCNS(=O)(=O)c1ccc2ccccc2c1. The van der Waals surface area contributed by atoms with Gasteiger partial charge in [-0.05, 0) is 35.0 Å². The second-order valence-corrected chi connectivity index (χ2v) is 7.81. The summed E-state index contributed by atoms with van der Waals surface area (Å²) in [6.45, 7) is 0.0525. The Morgan fingerprint density at radius 3 is 2.38 bits per heavy atom. The van der Waals surface area contributed by atoms with E-state index in [0.29, 0.717) is 0 Å². The van der Waals surface area contributed by atoms with Gasteiger partial charge in [0.25, 0.3) is 0 Å². The number of anilines is 1. The van der Waals surface area contributed by atoms with Crippen LogP contribution in [-0.4, -0.2) is 29.1 Å². The molecule has 0 unspecified atom stereocenters. The van der Waals surface area contributed by atoms with E-state index in [1.165, 1.54) is 0 Å². The molecule has 0 atom stereocenters. The van der Waals surface area contributed by atoms with Crippen molar-refractivity contribution in [3.8, 4) is 11.8 Å². The van der Waals surface area contributed by atoms with E-state index in [-0.39, 0.29) is 11.4 Å². The van der Waals surface area contributed by atoms with E-state index >= 15 is 0 Å². The third-order valence-electron chi connectivity index (χ3n) is 3.99. The number of para-hydroxylation sites is 1. The van der Waals surface area contributed by atoms with Crippen LogP contribution in [0.1, 0.15) is 5.56 Å². The molecule has 0 saturated carbocycles. The number of sulfonamides is 1. The monoisotopic (exact) mass is 364 g/mol. The molecular weight excluding hydrogens is 344 g/mol. The summed E-state index contributed by atoms with van der Waals surface area (Å²) in [7, 11) is 0.299. The minimum absolute atomic E-state index is 0.0525. The zero-order valence-corrected chi connectivity index (χ0v) is 15.5. The molecule has 0 spiro atoms. The van der Waals surface area contributed by atoms with E-state index in [2.05, 4.69) is 16.6 Å². The Kier molecular flexibility index (Phi) is 5.27. The largest absolute Gasteiger partial charge is 0.377 e. The van der Waals surface area contributed by atoms with Crippen molar-refractivity contribution in [3.05, 3.63) is 72.3 Å². The van der Waals surface area contributed by atoms with E-state index < -0.39 is 10.0 Å². The Labute approximate surface area is 154 Å². The lowest BCUT2D eigenvalue weighted by atomic mass is 10.1. The topological polar surface area (TPSA) is 49.4 Å². The van der Waals surface area contributed by atoms with Gasteiger partial charge in [0, 0.05) is 19.7 Å². The number of benzene rings is 3.